The van der Waals surface area contributed by atoms with Gasteiger partial charge in [0.2, 0.25) is 5.91 Å². The van der Waals surface area contributed by atoms with E-state index in [1.165, 1.54) is 4.57 Å². The van der Waals surface area contributed by atoms with Gasteiger partial charge in [0, 0.05) is 51.0 Å². The molecule has 1 aliphatic heterocycles. The lowest BCUT2D eigenvalue weighted by Crippen LogP contribution is -2.58. The van der Waals surface area contributed by atoms with E-state index in [1.54, 1.807) is 35.9 Å². The van der Waals surface area contributed by atoms with E-state index in [-0.39, 0.29) is 23.8 Å². The molecule has 1 saturated carbocycles. The maximum Gasteiger partial charge on any atom is 0.354 e. The molecule has 2 aromatic rings. The topological polar surface area (TPSA) is 152 Å². The lowest BCUT2D eigenvalue weighted by molar-refractivity contribution is -0.137. The first-order valence-electron chi connectivity index (χ1n) is 12.9. The van der Waals surface area contributed by atoms with Crippen molar-refractivity contribution in [1.29, 1.82) is 0 Å². The summed E-state index contributed by atoms with van der Waals surface area (Å²) < 4.78 is 1.44. The van der Waals surface area contributed by atoms with Crippen molar-refractivity contribution in [2.24, 2.45) is 11.5 Å². The van der Waals surface area contributed by atoms with Crippen LogP contribution in [0, 0.1) is 0 Å². The summed E-state index contributed by atoms with van der Waals surface area (Å²) in [5.41, 5.74) is 12.4. The number of benzene rings is 1. The van der Waals surface area contributed by atoms with E-state index in [1.807, 2.05) is 24.3 Å². The molecule has 1 aromatic carbocycles. The Morgan fingerprint density at radius 1 is 1.05 bits per heavy atom. The van der Waals surface area contributed by atoms with Crippen LogP contribution >= 0.6 is 0 Å². The fourth-order valence-electron chi connectivity index (χ4n) is 4.83. The van der Waals surface area contributed by atoms with Crippen molar-refractivity contribution in [3.05, 3.63) is 52.6 Å². The molecule has 2 heterocycles. The molecule has 1 saturated heterocycles. The normalized spacial score (nSPS) is 20.5. The molecule has 200 valence electrons. The van der Waals surface area contributed by atoms with Gasteiger partial charge in [-0.3, -0.25) is 14.7 Å². The van der Waals surface area contributed by atoms with Crippen LogP contribution in [0.25, 0.3) is 5.69 Å². The van der Waals surface area contributed by atoms with E-state index >= 15 is 0 Å². The fourth-order valence-corrected chi connectivity index (χ4v) is 4.83. The third kappa shape index (κ3) is 6.94. The van der Waals surface area contributed by atoms with Crippen molar-refractivity contribution in [2.45, 2.75) is 63.7 Å². The van der Waals surface area contributed by atoms with Gasteiger partial charge in [-0.15, -0.1) is 0 Å². The molecule has 11 heteroatoms. The highest BCUT2D eigenvalue weighted by molar-refractivity contribution is 5.89. The van der Waals surface area contributed by atoms with Crippen LogP contribution in [0.15, 0.2) is 41.3 Å². The molecule has 3 amide bonds. The molecule has 11 nitrogen and oxygen atoms in total. The maximum atomic E-state index is 12.7. The van der Waals surface area contributed by atoms with Crippen LogP contribution in [0.5, 0.6) is 0 Å². The van der Waals surface area contributed by atoms with Crippen LogP contribution in [0.3, 0.4) is 0 Å². The minimum atomic E-state index is -0.945. The Labute approximate surface area is 217 Å². The van der Waals surface area contributed by atoms with E-state index in [0.717, 1.165) is 37.8 Å². The largest absolute Gasteiger partial charge is 0.354 e. The summed E-state index contributed by atoms with van der Waals surface area (Å²) in [4.78, 5) is 44.9. The number of piperazine rings is 1. The highest BCUT2D eigenvalue weighted by atomic mass is 16.2. The monoisotopic (exact) mass is 510 g/mol. The number of hydrogen-bond donors (Lipinski definition) is 4. The van der Waals surface area contributed by atoms with Gasteiger partial charge in [0.15, 0.2) is 0 Å². The fraction of sp³-hybridized carbons (Fsp3) is 0.538. The highest BCUT2D eigenvalue weighted by Crippen LogP contribution is 2.18. The summed E-state index contributed by atoms with van der Waals surface area (Å²) in [6.07, 6.45) is 6.02. The van der Waals surface area contributed by atoms with E-state index in [9.17, 15) is 14.4 Å². The van der Waals surface area contributed by atoms with Crippen LogP contribution in [-0.2, 0) is 11.3 Å². The second-order valence-corrected chi connectivity index (χ2v) is 10.6. The molecule has 0 radical (unpaired) electrons. The van der Waals surface area contributed by atoms with Crippen molar-refractivity contribution >= 4 is 17.8 Å². The quantitative estimate of drug-likeness (QED) is 0.453. The Hall–Kier alpha value is -3.28. The molecule has 37 heavy (non-hydrogen) atoms. The standard InChI is InChI=1S/C26H38N8O3/c1-26(2,28)23(35)32-12-14-33(15-13-32)24(36)30-22-10-11-34(25(37)31-22)21-8-6-18(7-9-21)17-29-20-5-3-4-19(27)16-20/h6-11,19-20,29H,3-5,12-17,27-28H2,1-2H3,(H,30,31,36,37). The predicted octanol–water partition coefficient (Wildman–Crippen LogP) is 1.01. The predicted molar refractivity (Wildman–Crippen MR) is 142 cm³/mol. The third-order valence-electron chi connectivity index (χ3n) is 6.97. The number of aromatic nitrogens is 2. The smallest absolute Gasteiger partial charge is 0.338 e. The van der Waals surface area contributed by atoms with Gasteiger partial charge >= 0.3 is 11.7 Å². The Bertz CT molecular complexity index is 1150. The molecule has 1 aromatic heterocycles. The number of anilines is 1. The summed E-state index contributed by atoms with van der Waals surface area (Å²) in [5.74, 6) is 0.0374. The van der Waals surface area contributed by atoms with Crippen molar-refractivity contribution in [3.63, 3.8) is 0 Å². The number of hydrogen-bond acceptors (Lipinski definition) is 7. The van der Waals surface area contributed by atoms with E-state index in [4.69, 9.17) is 11.5 Å². The molecular formula is C26H38N8O3. The molecule has 1 aliphatic carbocycles. The minimum Gasteiger partial charge on any atom is -0.338 e. The summed E-state index contributed by atoms with van der Waals surface area (Å²) in [6.45, 7) is 5.65. The maximum absolute atomic E-state index is 12.7. The number of carbonyl (C=O) groups is 2. The molecular weight excluding hydrogens is 472 g/mol. The van der Waals surface area contributed by atoms with Gasteiger partial charge in [-0.05, 0) is 56.9 Å². The lowest BCUT2D eigenvalue weighted by atomic mass is 9.91. The zero-order chi connectivity index (χ0) is 26.6. The van der Waals surface area contributed by atoms with Gasteiger partial charge in [-0.25, -0.2) is 9.59 Å². The van der Waals surface area contributed by atoms with Gasteiger partial charge in [0.05, 0.1) is 11.2 Å². The number of carbonyl (C=O) groups excluding carboxylic acids is 2. The average Bonchev–Trinajstić information content (AvgIpc) is 2.87. The Morgan fingerprint density at radius 3 is 2.35 bits per heavy atom. The number of rotatable bonds is 6. The van der Waals surface area contributed by atoms with Gasteiger partial charge in [0.1, 0.15) is 5.82 Å². The van der Waals surface area contributed by atoms with E-state index in [2.05, 4.69) is 15.6 Å². The van der Waals surface area contributed by atoms with Gasteiger partial charge in [-0.2, -0.15) is 4.98 Å². The van der Waals surface area contributed by atoms with E-state index < -0.39 is 11.2 Å². The molecule has 2 unspecified atom stereocenters. The number of urea groups is 1. The van der Waals surface area contributed by atoms with Crippen LogP contribution in [0.1, 0.15) is 45.1 Å². The Kier molecular flexibility index (Phi) is 8.25. The van der Waals surface area contributed by atoms with Crippen LogP contribution in [0.2, 0.25) is 0 Å². The van der Waals surface area contributed by atoms with Crippen LogP contribution in [0.4, 0.5) is 10.6 Å². The average molecular weight is 511 g/mol. The second kappa shape index (κ2) is 11.4. The zero-order valence-corrected chi connectivity index (χ0v) is 21.7. The SMILES string of the molecule is CC(C)(N)C(=O)N1CCN(C(=O)Nc2ccn(-c3ccc(CNC4CCCC(N)C4)cc3)c(=O)n2)CC1. The third-order valence-corrected chi connectivity index (χ3v) is 6.97. The van der Waals surface area contributed by atoms with Crippen LogP contribution in [-0.4, -0.2) is 75.1 Å². The second-order valence-electron chi connectivity index (χ2n) is 10.6. The summed E-state index contributed by atoms with van der Waals surface area (Å²) >= 11 is 0. The Balaban J connectivity index is 1.30. The van der Waals surface area contributed by atoms with Crippen molar-refractivity contribution < 1.29 is 9.59 Å². The molecule has 2 aliphatic rings. The van der Waals surface area contributed by atoms with Gasteiger partial charge in [0.25, 0.3) is 0 Å². The Morgan fingerprint density at radius 2 is 1.73 bits per heavy atom. The van der Waals surface area contributed by atoms with Gasteiger partial charge < -0.3 is 26.6 Å². The van der Waals surface area contributed by atoms with Crippen molar-refractivity contribution in [2.75, 3.05) is 31.5 Å². The number of nitrogens with two attached hydrogens (primary N) is 2. The molecule has 2 atom stereocenters. The first-order valence-corrected chi connectivity index (χ1v) is 12.9. The van der Waals surface area contributed by atoms with Gasteiger partial charge in [-0.1, -0.05) is 18.6 Å². The number of nitrogens with one attached hydrogen (secondary N) is 2. The van der Waals surface area contributed by atoms with Crippen molar-refractivity contribution in [3.8, 4) is 5.69 Å². The molecule has 2 fully saturated rings. The molecule has 0 spiro atoms. The first kappa shape index (κ1) is 26.8. The summed E-state index contributed by atoms with van der Waals surface area (Å²) in [7, 11) is 0. The van der Waals surface area contributed by atoms with Crippen molar-refractivity contribution in [1.82, 2.24) is 24.7 Å². The highest BCUT2D eigenvalue weighted by Gasteiger charge is 2.31. The number of nitrogens with zero attached hydrogens (tertiary/aromatic N) is 4. The first-order chi connectivity index (χ1) is 17.6. The summed E-state index contributed by atoms with van der Waals surface area (Å²) in [5, 5.41) is 6.26. The number of amides is 3. The summed E-state index contributed by atoms with van der Waals surface area (Å²) in [6, 6.07) is 9.71. The molecule has 4 rings (SSSR count). The zero-order valence-electron chi connectivity index (χ0n) is 21.7. The molecule has 0 bridgehead atoms. The molecule has 6 N–H and O–H groups in total. The van der Waals surface area contributed by atoms with Crippen LogP contribution < -0.4 is 27.8 Å². The lowest BCUT2D eigenvalue weighted by Gasteiger charge is -2.37. The minimum absolute atomic E-state index is 0.143. The van der Waals surface area contributed by atoms with E-state index in [0.29, 0.717) is 37.9 Å².